The minimum absolute atomic E-state index is 0.0193. The molecule has 6 nitrogen and oxygen atoms in total. The molecule has 0 atom stereocenters. The Morgan fingerprint density at radius 2 is 2.20 bits per heavy atom. The maximum absolute atomic E-state index is 13.1. The Kier molecular flexibility index (Phi) is 4.53. The van der Waals surface area contributed by atoms with Crippen molar-refractivity contribution in [3.05, 3.63) is 33.1 Å². The van der Waals surface area contributed by atoms with E-state index in [1.54, 1.807) is 0 Å². The van der Waals surface area contributed by atoms with Gasteiger partial charge in [0.15, 0.2) is 0 Å². The summed E-state index contributed by atoms with van der Waals surface area (Å²) in [5, 5.41) is 4.93. The van der Waals surface area contributed by atoms with E-state index in [1.807, 2.05) is 22.6 Å². The standard InChI is InChI=1S/C12H11FIN3O3/c13-7-1-2-9(14)8(5-7)11(19)15-3-4-17-10(18)6-16-12(17)20/h1-2,5H,3-4,6H2,(H,15,19)(H,16,20). The van der Waals surface area contributed by atoms with E-state index in [0.717, 1.165) is 11.0 Å². The molecule has 0 spiro atoms. The lowest BCUT2D eigenvalue weighted by molar-refractivity contribution is -0.124. The molecule has 20 heavy (non-hydrogen) atoms. The molecule has 2 N–H and O–H groups in total. The minimum Gasteiger partial charge on any atom is -0.350 e. The molecule has 4 amide bonds. The van der Waals surface area contributed by atoms with Crippen LogP contribution in [0.25, 0.3) is 0 Å². The molecule has 1 aliphatic rings. The average molecular weight is 391 g/mol. The number of nitrogens with zero attached hydrogens (tertiary/aromatic N) is 1. The number of amides is 4. The lowest BCUT2D eigenvalue weighted by Crippen LogP contribution is -2.38. The molecule has 2 rings (SSSR count). The van der Waals surface area contributed by atoms with Crippen LogP contribution in [0.5, 0.6) is 0 Å². The van der Waals surface area contributed by atoms with E-state index in [4.69, 9.17) is 0 Å². The zero-order valence-corrected chi connectivity index (χ0v) is 12.4. The number of urea groups is 1. The second-order valence-corrected chi connectivity index (χ2v) is 5.25. The van der Waals surface area contributed by atoms with Crippen LogP contribution in [0.4, 0.5) is 9.18 Å². The first-order valence-corrected chi connectivity index (χ1v) is 6.88. The van der Waals surface area contributed by atoms with Crippen molar-refractivity contribution in [2.45, 2.75) is 0 Å². The fourth-order valence-electron chi connectivity index (χ4n) is 1.73. The summed E-state index contributed by atoms with van der Waals surface area (Å²) in [6.07, 6.45) is 0. The van der Waals surface area contributed by atoms with Gasteiger partial charge in [-0.3, -0.25) is 14.5 Å². The maximum atomic E-state index is 13.1. The van der Waals surface area contributed by atoms with E-state index in [0.29, 0.717) is 3.57 Å². The summed E-state index contributed by atoms with van der Waals surface area (Å²) in [5.74, 6) is -1.27. The highest BCUT2D eigenvalue weighted by Crippen LogP contribution is 2.13. The predicted octanol–water partition coefficient (Wildman–Crippen LogP) is 0.712. The van der Waals surface area contributed by atoms with E-state index < -0.39 is 17.8 Å². The number of halogens is 2. The summed E-state index contributed by atoms with van der Waals surface area (Å²) < 4.78 is 13.7. The number of carbonyl (C=O) groups excluding carboxylic acids is 3. The fraction of sp³-hybridized carbons (Fsp3) is 0.250. The molecule has 0 unspecified atom stereocenters. The Morgan fingerprint density at radius 3 is 2.85 bits per heavy atom. The molecule has 0 bridgehead atoms. The SMILES string of the molecule is O=C(NCCN1C(=O)CNC1=O)c1cc(F)ccc1I. The van der Waals surface area contributed by atoms with Crippen molar-refractivity contribution in [3.8, 4) is 0 Å². The summed E-state index contributed by atoms with van der Waals surface area (Å²) in [5.41, 5.74) is 0.225. The molecule has 0 radical (unpaired) electrons. The maximum Gasteiger partial charge on any atom is 0.324 e. The van der Waals surface area contributed by atoms with E-state index in [-0.39, 0.29) is 31.1 Å². The van der Waals surface area contributed by atoms with Crippen molar-refractivity contribution in [3.63, 3.8) is 0 Å². The molecule has 0 saturated carbocycles. The van der Waals surface area contributed by atoms with Gasteiger partial charge in [0, 0.05) is 16.7 Å². The summed E-state index contributed by atoms with van der Waals surface area (Å²) in [4.78, 5) is 35.5. The van der Waals surface area contributed by atoms with Gasteiger partial charge in [0.1, 0.15) is 5.82 Å². The summed E-state index contributed by atoms with van der Waals surface area (Å²) >= 11 is 1.93. The van der Waals surface area contributed by atoms with Crippen molar-refractivity contribution < 1.29 is 18.8 Å². The zero-order chi connectivity index (χ0) is 14.7. The number of nitrogens with one attached hydrogen (secondary N) is 2. The van der Waals surface area contributed by atoms with Gasteiger partial charge in [-0.2, -0.15) is 0 Å². The van der Waals surface area contributed by atoms with Crippen LogP contribution < -0.4 is 10.6 Å². The minimum atomic E-state index is -0.496. The van der Waals surface area contributed by atoms with Gasteiger partial charge < -0.3 is 10.6 Å². The van der Waals surface area contributed by atoms with Gasteiger partial charge in [0.2, 0.25) is 5.91 Å². The molecule has 1 fully saturated rings. The first-order chi connectivity index (χ1) is 9.49. The predicted molar refractivity (Wildman–Crippen MR) is 76.6 cm³/mol. The highest BCUT2D eigenvalue weighted by Gasteiger charge is 2.27. The third-order valence-corrected chi connectivity index (χ3v) is 3.67. The summed E-state index contributed by atoms with van der Waals surface area (Å²) in [7, 11) is 0. The first kappa shape index (κ1) is 14.7. The molecule has 1 heterocycles. The molecular weight excluding hydrogens is 380 g/mol. The fourth-order valence-corrected chi connectivity index (χ4v) is 2.31. The Balaban J connectivity index is 1.91. The van der Waals surface area contributed by atoms with Crippen molar-refractivity contribution in [1.82, 2.24) is 15.5 Å². The van der Waals surface area contributed by atoms with Gasteiger partial charge >= 0.3 is 6.03 Å². The lowest BCUT2D eigenvalue weighted by Gasteiger charge is -2.13. The van der Waals surface area contributed by atoms with Crippen molar-refractivity contribution in [2.75, 3.05) is 19.6 Å². The van der Waals surface area contributed by atoms with E-state index in [2.05, 4.69) is 10.6 Å². The second kappa shape index (κ2) is 6.16. The van der Waals surface area contributed by atoms with Gasteiger partial charge in [0.05, 0.1) is 12.1 Å². The van der Waals surface area contributed by atoms with Crippen molar-refractivity contribution >= 4 is 40.4 Å². The molecule has 0 aromatic heterocycles. The van der Waals surface area contributed by atoms with Crippen LogP contribution in [-0.2, 0) is 4.79 Å². The molecule has 1 aromatic carbocycles. The Bertz CT molecular complexity index is 563. The molecule has 1 aliphatic heterocycles. The van der Waals surface area contributed by atoms with Crippen LogP contribution in [0.15, 0.2) is 18.2 Å². The van der Waals surface area contributed by atoms with Gasteiger partial charge in [-0.05, 0) is 40.8 Å². The van der Waals surface area contributed by atoms with Gasteiger partial charge in [0.25, 0.3) is 5.91 Å². The number of hydrogen-bond acceptors (Lipinski definition) is 3. The van der Waals surface area contributed by atoms with Crippen LogP contribution in [0, 0.1) is 9.39 Å². The quantitative estimate of drug-likeness (QED) is 0.587. The topological polar surface area (TPSA) is 78.5 Å². The normalized spacial score (nSPS) is 14.4. The van der Waals surface area contributed by atoms with Crippen LogP contribution in [0.2, 0.25) is 0 Å². The van der Waals surface area contributed by atoms with Crippen molar-refractivity contribution in [2.24, 2.45) is 0 Å². The monoisotopic (exact) mass is 391 g/mol. The third kappa shape index (κ3) is 3.24. The van der Waals surface area contributed by atoms with Crippen LogP contribution in [0.1, 0.15) is 10.4 Å². The second-order valence-electron chi connectivity index (χ2n) is 4.08. The van der Waals surface area contributed by atoms with Crippen LogP contribution in [-0.4, -0.2) is 42.4 Å². The van der Waals surface area contributed by atoms with Crippen molar-refractivity contribution in [1.29, 1.82) is 0 Å². The summed E-state index contributed by atoms with van der Waals surface area (Å²) in [6, 6.07) is 3.45. The lowest BCUT2D eigenvalue weighted by atomic mass is 10.2. The number of hydrogen-bond donors (Lipinski definition) is 2. The van der Waals surface area contributed by atoms with E-state index >= 15 is 0 Å². The van der Waals surface area contributed by atoms with Gasteiger partial charge in [-0.1, -0.05) is 0 Å². The smallest absolute Gasteiger partial charge is 0.324 e. The Morgan fingerprint density at radius 1 is 1.45 bits per heavy atom. The Labute approximate surface area is 127 Å². The molecule has 0 aliphatic carbocycles. The first-order valence-electron chi connectivity index (χ1n) is 5.80. The molecule has 1 saturated heterocycles. The molecular formula is C12H11FIN3O3. The largest absolute Gasteiger partial charge is 0.350 e. The molecule has 1 aromatic rings. The average Bonchev–Trinajstić information content (AvgIpc) is 2.73. The highest BCUT2D eigenvalue weighted by atomic mass is 127. The van der Waals surface area contributed by atoms with E-state index in [9.17, 15) is 18.8 Å². The zero-order valence-electron chi connectivity index (χ0n) is 10.3. The van der Waals surface area contributed by atoms with Crippen LogP contribution >= 0.6 is 22.6 Å². The van der Waals surface area contributed by atoms with E-state index in [1.165, 1.54) is 12.1 Å². The summed E-state index contributed by atoms with van der Waals surface area (Å²) in [6.45, 7) is 0.182. The Hall–Kier alpha value is -1.71. The molecule has 8 heteroatoms. The van der Waals surface area contributed by atoms with Gasteiger partial charge in [-0.25, -0.2) is 9.18 Å². The number of rotatable bonds is 4. The number of carbonyl (C=O) groups is 3. The highest BCUT2D eigenvalue weighted by molar-refractivity contribution is 14.1. The van der Waals surface area contributed by atoms with Gasteiger partial charge in [-0.15, -0.1) is 0 Å². The molecule has 106 valence electrons. The number of benzene rings is 1. The van der Waals surface area contributed by atoms with Crippen LogP contribution in [0.3, 0.4) is 0 Å². The third-order valence-electron chi connectivity index (χ3n) is 2.73. The number of imide groups is 1.